The van der Waals surface area contributed by atoms with Crippen molar-refractivity contribution in [1.29, 1.82) is 0 Å². The second-order valence-electron chi connectivity index (χ2n) is 6.29. The maximum atomic E-state index is 12.3. The van der Waals surface area contributed by atoms with E-state index in [0.717, 1.165) is 4.90 Å². The predicted molar refractivity (Wildman–Crippen MR) is 99.6 cm³/mol. The molecule has 0 unspecified atom stereocenters. The van der Waals surface area contributed by atoms with Crippen molar-refractivity contribution in [3.8, 4) is 0 Å². The van der Waals surface area contributed by atoms with Crippen molar-refractivity contribution in [3.05, 3.63) is 28.2 Å². The highest BCUT2D eigenvalue weighted by Crippen LogP contribution is 2.23. The fourth-order valence-electron chi connectivity index (χ4n) is 2.42. The number of anilines is 1. The second kappa shape index (κ2) is 8.14. The van der Waals surface area contributed by atoms with E-state index in [0.29, 0.717) is 22.2 Å². The number of amides is 4. The summed E-state index contributed by atoms with van der Waals surface area (Å²) in [7, 11) is 0. The summed E-state index contributed by atoms with van der Waals surface area (Å²) < 4.78 is 5.01. The SMILES string of the molecule is CC[C@@]1(C)NC(=O)N(CC(=O)O[C@@H](C)C(=O)Nc2cc(Cl)cc(Cl)c2)C1=O. The smallest absolute Gasteiger partial charge is 0.327 e. The van der Waals surface area contributed by atoms with Crippen LogP contribution in [0.25, 0.3) is 0 Å². The Morgan fingerprint density at radius 3 is 2.37 bits per heavy atom. The van der Waals surface area contributed by atoms with E-state index in [9.17, 15) is 19.2 Å². The number of urea groups is 1. The van der Waals surface area contributed by atoms with Crippen molar-refractivity contribution in [2.75, 3.05) is 11.9 Å². The number of carbonyl (C=O) groups is 4. The average molecular weight is 416 g/mol. The van der Waals surface area contributed by atoms with Crippen LogP contribution >= 0.6 is 23.2 Å². The quantitative estimate of drug-likeness (QED) is 0.548. The van der Waals surface area contributed by atoms with Crippen LogP contribution in [0.2, 0.25) is 10.0 Å². The molecule has 0 bridgehead atoms. The molecule has 0 aromatic heterocycles. The first-order chi connectivity index (χ1) is 12.6. The Balaban J connectivity index is 1.94. The van der Waals surface area contributed by atoms with E-state index in [-0.39, 0.29) is 0 Å². The van der Waals surface area contributed by atoms with E-state index in [1.807, 2.05) is 0 Å². The molecule has 0 spiro atoms. The number of halogens is 2. The number of carbonyl (C=O) groups excluding carboxylic acids is 4. The molecule has 1 fully saturated rings. The van der Waals surface area contributed by atoms with Gasteiger partial charge < -0.3 is 15.4 Å². The van der Waals surface area contributed by atoms with E-state index < -0.39 is 42.0 Å². The van der Waals surface area contributed by atoms with Gasteiger partial charge in [-0.1, -0.05) is 30.1 Å². The van der Waals surface area contributed by atoms with Crippen LogP contribution in [-0.4, -0.2) is 46.9 Å². The van der Waals surface area contributed by atoms with Gasteiger partial charge in [0.25, 0.3) is 11.8 Å². The van der Waals surface area contributed by atoms with Crippen LogP contribution < -0.4 is 10.6 Å². The van der Waals surface area contributed by atoms with Gasteiger partial charge in [-0.05, 0) is 38.5 Å². The number of nitrogens with one attached hydrogen (secondary N) is 2. The third-order valence-electron chi connectivity index (χ3n) is 4.15. The van der Waals surface area contributed by atoms with Gasteiger partial charge in [-0.15, -0.1) is 0 Å². The topological polar surface area (TPSA) is 105 Å². The Labute approximate surface area is 166 Å². The molecular weight excluding hydrogens is 397 g/mol. The molecule has 4 amide bonds. The van der Waals surface area contributed by atoms with Crippen LogP contribution in [0.5, 0.6) is 0 Å². The van der Waals surface area contributed by atoms with E-state index in [4.69, 9.17) is 27.9 Å². The summed E-state index contributed by atoms with van der Waals surface area (Å²) in [6.07, 6.45) is -0.780. The zero-order valence-electron chi connectivity index (χ0n) is 15.0. The molecule has 1 saturated heterocycles. The molecule has 1 heterocycles. The first-order valence-electron chi connectivity index (χ1n) is 8.16. The highest BCUT2D eigenvalue weighted by atomic mass is 35.5. The van der Waals surface area contributed by atoms with Crippen molar-refractivity contribution < 1.29 is 23.9 Å². The first-order valence-corrected chi connectivity index (χ1v) is 8.92. The van der Waals surface area contributed by atoms with Crippen molar-refractivity contribution >= 4 is 52.7 Å². The van der Waals surface area contributed by atoms with Gasteiger partial charge >= 0.3 is 12.0 Å². The summed E-state index contributed by atoms with van der Waals surface area (Å²) in [6.45, 7) is 4.10. The fourth-order valence-corrected chi connectivity index (χ4v) is 2.94. The van der Waals surface area contributed by atoms with Crippen LogP contribution in [-0.2, 0) is 19.1 Å². The third kappa shape index (κ3) is 4.90. The summed E-state index contributed by atoms with van der Waals surface area (Å²) >= 11 is 11.7. The number of rotatable bonds is 6. The second-order valence-corrected chi connectivity index (χ2v) is 7.16. The molecule has 1 aliphatic heterocycles. The maximum Gasteiger partial charge on any atom is 0.327 e. The lowest BCUT2D eigenvalue weighted by molar-refractivity contribution is -0.155. The van der Waals surface area contributed by atoms with Crippen molar-refractivity contribution in [3.63, 3.8) is 0 Å². The van der Waals surface area contributed by atoms with Crippen molar-refractivity contribution in [1.82, 2.24) is 10.2 Å². The highest BCUT2D eigenvalue weighted by molar-refractivity contribution is 6.35. The predicted octanol–water partition coefficient (Wildman–Crippen LogP) is 2.58. The van der Waals surface area contributed by atoms with Crippen LogP contribution in [0, 0.1) is 0 Å². The van der Waals surface area contributed by atoms with Crippen molar-refractivity contribution in [2.45, 2.75) is 38.8 Å². The lowest BCUT2D eigenvalue weighted by Gasteiger charge is -2.19. The van der Waals surface area contributed by atoms with Gasteiger partial charge in [-0.2, -0.15) is 0 Å². The maximum absolute atomic E-state index is 12.3. The molecule has 1 aromatic carbocycles. The summed E-state index contributed by atoms with van der Waals surface area (Å²) in [6, 6.07) is 3.80. The van der Waals surface area contributed by atoms with Gasteiger partial charge in [0.05, 0.1) is 0 Å². The van der Waals surface area contributed by atoms with Crippen LogP contribution in [0.1, 0.15) is 27.2 Å². The van der Waals surface area contributed by atoms with Gasteiger partial charge in [0.15, 0.2) is 6.10 Å². The molecule has 1 aliphatic rings. The molecule has 10 heteroatoms. The molecule has 2 atom stereocenters. The lowest BCUT2D eigenvalue weighted by atomic mass is 9.99. The van der Waals surface area contributed by atoms with E-state index in [2.05, 4.69) is 10.6 Å². The molecule has 27 heavy (non-hydrogen) atoms. The monoisotopic (exact) mass is 415 g/mol. The number of imide groups is 1. The minimum Gasteiger partial charge on any atom is -0.451 e. The number of nitrogens with zero attached hydrogens (tertiary/aromatic N) is 1. The normalized spacial score (nSPS) is 20.3. The van der Waals surface area contributed by atoms with Gasteiger partial charge in [0.1, 0.15) is 12.1 Å². The van der Waals surface area contributed by atoms with Gasteiger partial charge in [0, 0.05) is 15.7 Å². The molecule has 1 aromatic rings. The Kier molecular flexibility index (Phi) is 6.33. The van der Waals surface area contributed by atoms with Crippen molar-refractivity contribution in [2.24, 2.45) is 0 Å². The highest BCUT2D eigenvalue weighted by Gasteiger charge is 2.47. The van der Waals surface area contributed by atoms with Gasteiger partial charge in [-0.3, -0.25) is 19.3 Å². The summed E-state index contributed by atoms with van der Waals surface area (Å²) in [5.74, 6) is -2.01. The lowest BCUT2D eigenvalue weighted by Crippen LogP contribution is -2.44. The summed E-state index contributed by atoms with van der Waals surface area (Å²) in [5.41, 5.74) is -0.708. The Morgan fingerprint density at radius 1 is 1.26 bits per heavy atom. The molecule has 2 N–H and O–H groups in total. The number of hydrogen-bond acceptors (Lipinski definition) is 5. The fraction of sp³-hybridized carbons (Fsp3) is 0.412. The Morgan fingerprint density at radius 2 is 1.85 bits per heavy atom. The van der Waals surface area contributed by atoms with Crippen LogP contribution in [0.15, 0.2) is 18.2 Å². The average Bonchev–Trinajstić information content (AvgIpc) is 2.77. The summed E-state index contributed by atoms with van der Waals surface area (Å²) in [5, 5.41) is 5.71. The van der Waals surface area contributed by atoms with Crippen LogP contribution in [0.3, 0.4) is 0 Å². The number of ether oxygens (including phenoxy) is 1. The zero-order valence-corrected chi connectivity index (χ0v) is 16.5. The number of hydrogen-bond donors (Lipinski definition) is 2. The molecular formula is C17H19Cl2N3O5. The summed E-state index contributed by atoms with van der Waals surface area (Å²) in [4.78, 5) is 49.1. The molecule has 146 valence electrons. The minimum absolute atomic E-state index is 0.333. The van der Waals surface area contributed by atoms with E-state index in [1.54, 1.807) is 13.8 Å². The van der Waals surface area contributed by atoms with E-state index in [1.165, 1.54) is 25.1 Å². The van der Waals surface area contributed by atoms with Gasteiger partial charge in [0.2, 0.25) is 0 Å². The molecule has 0 radical (unpaired) electrons. The third-order valence-corrected chi connectivity index (χ3v) is 4.58. The standard InChI is InChI=1S/C17H19Cl2N3O5/c1-4-17(3)15(25)22(16(26)21-17)8-13(23)27-9(2)14(24)20-12-6-10(18)5-11(19)7-12/h5-7,9H,4,8H2,1-3H3,(H,20,24)(H,21,26)/t9-,17+/m0/s1. The molecule has 8 nitrogen and oxygen atoms in total. The van der Waals surface area contributed by atoms with E-state index >= 15 is 0 Å². The first kappa shape index (κ1) is 21.0. The number of benzene rings is 1. The zero-order chi connectivity index (χ0) is 20.4. The Hall–Kier alpha value is -2.32. The molecule has 0 saturated carbocycles. The number of esters is 1. The van der Waals surface area contributed by atoms with Crippen LogP contribution in [0.4, 0.5) is 10.5 Å². The van der Waals surface area contributed by atoms with Gasteiger partial charge in [-0.25, -0.2) is 4.79 Å². The molecule has 0 aliphatic carbocycles. The minimum atomic E-state index is -1.16. The Bertz CT molecular complexity index is 781. The molecule has 2 rings (SSSR count). The largest absolute Gasteiger partial charge is 0.451 e.